The predicted octanol–water partition coefficient (Wildman–Crippen LogP) is 2.70. The summed E-state index contributed by atoms with van der Waals surface area (Å²) in [7, 11) is 0. The van der Waals surface area contributed by atoms with E-state index in [9.17, 15) is 4.79 Å². The van der Waals surface area contributed by atoms with Crippen molar-refractivity contribution in [2.45, 2.75) is 19.8 Å². The van der Waals surface area contributed by atoms with Crippen molar-refractivity contribution in [2.24, 2.45) is 5.92 Å². The average Bonchev–Trinajstić information content (AvgIpc) is 2.75. The summed E-state index contributed by atoms with van der Waals surface area (Å²) >= 11 is 4.95. The molecule has 0 spiro atoms. The zero-order chi connectivity index (χ0) is 11.5. The maximum absolute atomic E-state index is 12.2. The molecule has 1 saturated heterocycles. The standard InChI is InChI=1S/C11H15BrN2OS/c1-8-10(16-7-13-8)11(15)14-4-2-9(6-12)3-5-14/h7,9H,2-6H2,1H3. The van der Waals surface area contributed by atoms with Crippen molar-refractivity contribution in [1.82, 2.24) is 9.88 Å². The van der Waals surface area contributed by atoms with E-state index >= 15 is 0 Å². The maximum Gasteiger partial charge on any atom is 0.265 e. The second kappa shape index (κ2) is 5.27. The van der Waals surface area contributed by atoms with Crippen LogP contribution < -0.4 is 0 Å². The van der Waals surface area contributed by atoms with E-state index in [0.29, 0.717) is 0 Å². The van der Waals surface area contributed by atoms with Crippen LogP contribution in [0.2, 0.25) is 0 Å². The van der Waals surface area contributed by atoms with Gasteiger partial charge in [-0.05, 0) is 25.7 Å². The van der Waals surface area contributed by atoms with Crippen LogP contribution in [0.4, 0.5) is 0 Å². The van der Waals surface area contributed by atoms with Gasteiger partial charge in [-0.1, -0.05) is 15.9 Å². The summed E-state index contributed by atoms with van der Waals surface area (Å²) in [5, 5.41) is 1.05. The number of halogens is 1. The summed E-state index contributed by atoms with van der Waals surface area (Å²) in [5.41, 5.74) is 2.60. The Balaban J connectivity index is 2.00. The van der Waals surface area contributed by atoms with Gasteiger partial charge >= 0.3 is 0 Å². The second-order valence-electron chi connectivity index (χ2n) is 4.16. The first-order valence-corrected chi connectivity index (χ1v) is 7.47. The van der Waals surface area contributed by atoms with E-state index in [1.807, 2.05) is 11.8 Å². The van der Waals surface area contributed by atoms with Gasteiger partial charge < -0.3 is 4.90 Å². The molecular weight excluding hydrogens is 288 g/mol. The molecule has 5 heteroatoms. The van der Waals surface area contributed by atoms with E-state index < -0.39 is 0 Å². The number of hydrogen-bond donors (Lipinski definition) is 0. The van der Waals surface area contributed by atoms with Crippen LogP contribution in [0.25, 0.3) is 0 Å². The van der Waals surface area contributed by atoms with Crippen molar-refractivity contribution < 1.29 is 4.79 Å². The number of amides is 1. The fourth-order valence-corrected chi connectivity index (χ4v) is 3.36. The molecule has 1 aromatic heterocycles. The zero-order valence-corrected chi connectivity index (χ0v) is 11.7. The summed E-state index contributed by atoms with van der Waals surface area (Å²) in [6, 6.07) is 0. The largest absolute Gasteiger partial charge is 0.338 e. The Morgan fingerprint density at radius 2 is 2.31 bits per heavy atom. The number of aromatic nitrogens is 1. The van der Waals surface area contributed by atoms with Crippen molar-refractivity contribution in [3.8, 4) is 0 Å². The maximum atomic E-state index is 12.2. The molecule has 2 heterocycles. The molecule has 0 aromatic carbocycles. The Kier molecular flexibility index (Phi) is 3.97. The molecule has 1 aliphatic heterocycles. The number of carbonyl (C=O) groups is 1. The lowest BCUT2D eigenvalue weighted by Crippen LogP contribution is -2.38. The summed E-state index contributed by atoms with van der Waals surface area (Å²) in [4.78, 5) is 19.0. The van der Waals surface area contributed by atoms with Crippen LogP contribution in [-0.4, -0.2) is 34.2 Å². The number of thiazole rings is 1. The summed E-state index contributed by atoms with van der Waals surface area (Å²) < 4.78 is 0. The number of carbonyl (C=O) groups excluding carboxylic acids is 1. The molecule has 3 nitrogen and oxygen atoms in total. The number of rotatable bonds is 2. The third kappa shape index (κ3) is 2.46. The highest BCUT2D eigenvalue weighted by Crippen LogP contribution is 2.22. The van der Waals surface area contributed by atoms with Gasteiger partial charge in [-0.2, -0.15) is 0 Å². The first-order valence-electron chi connectivity index (χ1n) is 5.47. The van der Waals surface area contributed by atoms with E-state index in [1.54, 1.807) is 5.51 Å². The molecule has 0 radical (unpaired) electrons. The third-order valence-electron chi connectivity index (χ3n) is 3.06. The zero-order valence-electron chi connectivity index (χ0n) is 9.28. The van der Waals surface area contributed by atoms with Crippen molar-refractivity contribution in [1.29, 1.82) is 0 Å². The molecule has 16 heavy (non-hydrogen) atoms. The molecule has 88 valence electrons. The predicted molar refractivity (Wildman–Crippen MR) is 69.3 cm³/mol. The van der Waals surface area contributed by atoms with Crippen LogP contribution in [0.5, 0.6) is 0 Å². The molecule has 0 aliphatic carbocycles. The minimum atomic E-state index is 0.160. The van der Waals surface area contributed by atoms with Crippen LogP contribution in [0.3, 0.4) is 0 Å². The Bertz CT molecular complexity index is 372. The highest BCUT2D eigenvalue weighted by Gasteiger charge is 2.24. The monoisotopic (exact) mass is 302 g/mol. The van der Waals surface area contributed by atoms with Gasteiger partial charge in [-0.25, -0.2) is 4.98 Å². The Hall–Kier alpha value is -0.420. The highest BCUT2D eigenvalue weighted by atomic mass is 79.9. The molecule has 0 bridgehead atoms. The summed E-state index contributed by atoms with van der Waals surface area (Å²) in [6.45, 7) is 3.66. The van der Waals surface area contributed by atoms with E-state index in [0.717, 1.165) is 47.8 Å². The Morgan fingerprint density at radius 1 is 1.62 bits per heavy atom. The van der Waals surface area contributed by atoms with Crippen molar-refractivity contribution in [2.75, 3.05) is 18.4 Å². The first kappa shape index (κ1) is 12.0. The second-order valence-corrected chi connectivity index (χ2v) is 5.66. The normalized spacial score (nSPS) is 17.8. The lowest BCUT2D eigenvalue weighted by atomic mass is 9.99. The Labute approximate surface area is 108 Å². The number of nitrogens with zero attached hydrogens (tertiary/aromatic N) is 2. The molecular formula is C11H15BrN2OS. The summed E-state index contributed by atoms with van der Waals surface area (Å²) in [6.07, 6.45) is 2.21. The highest BCUT2D eigenvalue weighted by molar-refractivity contribution is 9.09. The molecule has 0 atom stereocenters. The van der Waals surface area contributed by atoms with Gasteiger partial charge in [-0.15, -0.1) is 11.3 Å². The van der Waals surface area contributed by atoms with Gasteiger partial charge in [0.15, 0.2) is 0 Å². The number of piperidine rings is 1. The van der Waals surface area contributed by atoms with Crippen LogP contribution >= 0.6 is 27.3 Å². The van der Waals surface area contributed by atoms with E-state index in [4.69, 9.17) is 0 Å². The lowest BCUT2D eigenvalue weighted by molar-refractivity contribution is 0.0703. The molecule has 1 fully saturated rings. The fraction of sp³-hybridized carbons (Fsp3) is 0.636. The van der Waals surface area contributed by atoms with Crippen LogP contribution in [0, 0.1) is 12.8 Å². The molecule has 0 N–H and O–H groups in total. The van der Waals surface area contributed by atoms with Crippen LogP contribution in [-0.2, 0) is 0 Å². The quantitative estimate of drug-likeness (QED) is 0.787. The van der Waals surface area contributed by atoms with Crippen molar-refractivity contribution in [3.05, 3.63) is 16.1 Å². The first-order chi connectivity index (χ1) is 7.72. The number of likely N-dealkylation sites (tertiary alicyclic amines) is 1. The minimum absolute atomic E-state index is 0.160. The van der Waals surface area contributed by atoms with Gasteiger partial charge in [0, 0.05) is 18.4 Å². The van der Waals surface area contributed by atoms with Crippen molar-refractivity contribution in [3.63, 3.8) is 0 Å². The summed E-state index contributed by atoms with van der Waals surface area (Å²) in [5.74, 6) is 0.889. The smallest absolute Gasteiger partial charge is 0.265 e. The molecule has 0 saturated carbocycles. The van der Waals surface area contributed by atoms with Crippen LogP contribution in [0.15, 0.2) is 5.51 Å². The van der Waals surface area contributed by atoms with E-state index in [1.165, 1.54) is 11.3 Å². The molecule has 2 rings (SSSR count). The number of alkyl halides is 1. The molecule has 1 amide bonds. The fourth-order valence-electron chi connectivity index (χ4n) is 1.94. The molecule has 1 aromatic rings. The van der Waals surface area contributed by atoms with Gasteiger partial charge in [0.05, 0.1) is 11.2 Å². The van der Waals surface area contributed by atoms with E-state index in [-0.39, 0.29) is 5.91 Å². The molecule has 1 aliphatic rings. The number of hydrogen-bond acceptors (Lipinski definition) is 3. The average molecular weight is 303 g/mol. The van der Waals surface area contributed by atoms with Crippen molar-refractivity contribution >= 4 is 33.2 Å². The van der Waals surface area contributed by atoms with Gasteiger partial charge in [0.25, 0.3) is 5.91 Å². The minimum Gasteiger partial charge on any atom is -0.338 e. The van der Waals surface area contributed by atoms with E-state index in [2.05, 4.69) is 20.9 Å². The molecule has 0 unspecified atom stereocenters. The van der Waals surface area contributed by atoms with Gasteiger partial charge in [-0.3, -0.25) is 4.79 Å². The SMILES string of the molecule is Cc1ncsc1C(=O)N1CCC(CBr)CC1. The Morgan fingerprint density at radius 3 is 2.81 bits per heavy atom. The lowest BCUT2D eigenvalue weighted by Gasteiger charge is -2.30. The van der Waals surface area contributed by atoms with Crippen LogP contribution in [0.1, 0.15) is 28.2 Å². The number of aryl methyl sites for hydroxylation is 1. The topological polar surface area (TPSA) is 33.2 Å². The third-order valence-corrected chi connectivity index (χ3v) is 4.89. The van der Waals surface area contributed by atoms with Gasteiger partial charge in [0.2, 0.25) is 0 Å². The van der Waals surface area contributed by atoms with Gasteiger partial charge in [0.1, 0.15) is 4.88 Å².